The average Bonchev–Trinajstić information content (AvgIpc) is 2.96. The van der Waals surface area contributed by atoms with Gasteiger partial charge in [0.1, 0.15) is 0 Å². The number of hydrogen-bond donors (Lipinski definition) is 27. The minimum absolute atomic E-state index is 1.08. The Morgan fingerprint density at radius 3 is 0.395 bits per heavy atom. The van der Waals surface area contributed by atoms with E-state index in [1.807, 2.05) is 12.2 Å². The molecule has 0 aromatic heterocycles. The van der Waals surface area contributed by atoms with Gasteiger partial charge in [0.25, 0.3) is 0 Å². The van der Waals surface area contributed by atoms with E-state index in [1.165, 1.54) is 0 Å². The third-order valence-corrected chi connectivity index (χ3v) is 0.878. The minimum atomic E-state index is -2.17. The van der Waals surface area contributed by atoms with E-state index in [-0.39, 0.29) is 0 Å². The zero-order valence-corrected chi connectivity index (χ0v) is 21.4. The summed E-state index contributed by atoms with van der Waals surface area (Å²) in [5.41, 5.74) is 0. The molecular formula is C7H35B9O27. The Hall–Kier alpha value is -1.28. The molecule has 0 saturated heterocycles. The van der Waals surface area contributed by atoms with Gasteiger partial charge in [-0.15, -0.1) is 0 Å². The van der Waals surface area contributed by atoms with Crippen LogP contribution >= 0.6 is 0 Å². The van der Waals surface area contributed by atoms with Gasteiger partial charge in [0.05, 0.1) is 0 Å². The van der Waals surface area contributed by atoms with Gasteiger partial charge in [-0.3, -0.25) is 0 Å². The lowest BCUT2D eigenvalue weighted by molar-refractivity contribution is 0.276. The maximum Gasteiger partial charge on any atom is 0.631 e. The highest BCUT2D eigenvalue weighted by molar-refractivity contribution is 6.32. The van der Waals surface area contributed by atoms with Gasteiger partial charge in [0.15, 0.2) is 0 Å². The van der Waals surface area contributed by atoms with Crippen LogP contribution in [0.15, 0.2) is 36.5 Å². The van der Waals surface area contributed by atoms with E-state index < -0.39 is 65.9 Å². The largest absolute Gasteiger partial charge is 0.631 e. The minimum Gasteiger partial charge on any atom is -0.402 e. The molecule has 0 aromatic rings. The van der Waals surface area contributed by atoms with E-state index in [4.69, 9.17) is 136 Å². The molecular weight excluding hydrogens is 613 g/mol. The van der Waals surface area contributed by atoms with Crippen LogP contribution in [-0.2, 0) is 0 Å². The Bertz CT molecular complexity index is 369. The van der Waals surface area contributed by atoms with Crippen LogP contribution in [0.4, 0.5) is 0 Å². The molecule has 1 aliphatic carbocycles. The first-order valence-corrected chi connectivity index (χ1v) is 9.45. The summed E-state index contributed by atoms with van der Waals surface area (Å²) < 4.78 is 0. The molecule has 0 radical (unpaired) electrons. The second kappa shape index (κ2) is 60.0. The highest BCUT2D eigenvalue weighted by atomic mass is 16.6. The molecule has 0 aromatic carbocycles. The Morgan fingerprint density at radius 1 is 0.209 bits per heavy atom. The lowest BCUT2D eigenvalue weighted by Gasteiger charge is -1.69. The van der Waals surface area contributed by atoms with Gasteiger partial charge in [-0.05, 0) is 6.42 Å². The number of rotatable bonds is 0. The summed E-state index contributed by atoms with van der Waals surface area (Å²) in [6.45, 7) is 0. The van der Waals surface area contributed by atoms with E-state index in [2.05, 4.69) is 24.3 Å². The van der Waals surface area contributed by atoms with Crippen LogP contribution in [0, 0.1) is 0 Å². The SMILES string of the molecule is C1=CC=CCC=C1.OB(O)O.OB(O)O.OB(O)O.OB(O)O.OB(O)O.OB(O)O.OB(O)O.OB(O)O.OB(O)O. The third kappa shape index (κ3) is 1860. The van der Waals surface area contributed by atoms with Crippen molar-refractivity contribution < 1.29 is 136 Å². The normalized spacial score (nSPS) is 8.44. The molecule has 36 heteroatoms. The summed E-state index contributed by atoms with van der Waals surface area (Å²) in [7, 11) is -19.5. The van der Waals surface area contributed by atoms with E-state index in [0.29, 0.717) is 0 Å². The van der Waals surface area contributed by atoms with Crippen LogP contribution in [0.5, 0.6) is 0 Å². The molecule has 0 fully saturated rings. The molecule has 0 heterocycles. The highest BCUT2D eigenvalue weighted by Gasteiger charge is 1.95. The van der Waals surface area contributed by atoms with Crippen molar-refractivity contribution >= 4 is 65.9 Å². The Labute approximate surface area is 245 Å². The Kier molecular flexibility index (Phi) is 90.2. The first kappa shape index (κ1) is 64.6. The summed E-state index contributed by atoms with van der Waals surface area (Å²) in [5.74, 6) is 0. The molecule has 1 aliphatic rings. The van der Waals surface area contributed by atoms with Gasteiger partial charge in [-0.2, -0.15) is 0 Å². The first-order chi connectivity index (χ1) is 19.1. The number of allylic oxidation sites excluding steroid dienone is 6. The molecule has 0 atom stereocenters. The first-order valence-electron chi connectivity index (χ1n) is 9.45. The summed E-state index contributed by atoms with van der Waals surface area (Å²) >= 11 is 0. The highest BCUT2D eigenvalue weighted by Crippen LogP contribution is 1.92. The standard InChI is InChI=1S/C7H8.9BH3O3/c1-2-4-6-7-5-3-1;9*2-1(3)4/h1-6H,7H2;9*2-4H. The maximum absolute atomic E-state index is 7.17. The molecule has 0 unspecified atom stereocenters. The van der Waals surface area contributed by atoms with Crippen molar-refractivity contribution in [3.8, 4) is 0 Å². The van der Waals surface area contributed by atoms with Crippen LogP contribution < -0.4 is 0 Å². The van der Waals surface area contributed by atoms with Crippen molar-refractivity contribution in [3.63, 3.8) is 0 Å². The average molecular weight is 649 g/mol. The summed E-state index contributed by atoms with van der Waals surface area (Å²) in [5, 5.41) is 193. The van der Waals surface area contributed by atoms with Crippen molar-refractivity contribution in [2.45, 2.75) is 6.42 Å². The van der Waals surface area contributed by atoms with Gasteiger partial charge in [-0.1, -0.05) is 36.5 Å². The van der Waals surface area contributed by atoms with Crippen LogP contribution in [-0.4, -0.2) is 202 Å². The van der Waals surface area contributed by atoms with Crippen LogP contribution in [0.25, 0.3) is 0 Å². The summed E-state index contributed by atoms with van der Waals surface area (Å²) in [6, 6.07) is 0. The number of hydrogen-bond acceptors (Lipinski definition) is 27. The smallest absolute Gasteiger partial charge is 0.402 e. The Morgan fingerprint density at radius 2 is 0.302 bits per heavy atom. The van der Waals surface area contributed by atoms with Crippen molar-refractivity contribution in [2.75, 3.05) is 0 Å². The predicted octanol–water partition coefficient (Wildman–Crippen LogP) is -16.4. The van der Waals surface area contributed by atoms with Crippen LogP contribution in [0.3, 0.4) is 0 Å². The fraction of sp³-hybridized carbons (Fsp3) is 0.143. The van der Waals surface area contributed by atoms with E-state index >= 15 is 0 Å². The van der Waals surface area contributed by atoms with Crippen molar-refractivity contribution in [3.05, 3.63) is 36.5 Å². The molecule has 0 saturated carbocycles. The van der Waals surface area contributed by atoms with Crippen LogP contribution in [0.2, 0.25) is 0 Å². The summed E-state index contributed by atoms with van der Waals surface area (Å²) in [4.78, 5) is 0. The fourth-order valence-electron chi connectivity index (χ4n) is 0.521. The molecule has 0 aliphatic heterocycles. The quantitative estimate of drug-likeness (QED) is 0.108. The molecule has 252 valence electrons. The van der Waals surface area contributed by atoms with Crippen molar-refractivity contribution in [1.29, 1.82) is 0 Å². The van der Waals surface area contributed by atoms with Crippen LogP contribution in [0.1, 0.15) is 6.42 Å². The van der Waals surface area contributed by atoms with E-state index in [1.54, 1.807) is 0 Å². The van der Waals surface area contributed by atoms with Gasteiger partial charge in [-0.25, -0.2) is 0 Å². The summed E-state index contributed by atoms with van der Waals surface area (Å²) in [6.07, 6.45) is 13.5. The molecule has 0 bridgehead atoms. The molecule has 27 nitrogen and oxygen atoms in total. The molecule has 27 N–H and O–H groups in total. The lowest BCUT2D eigenvalue weighted by Crippen LogP contribution is -2.07. The van der Waals surface area contributed by atoms with E-state index in [0.717, 1.165) is 6.42 Å². The lowest BCUT2D eigenvalue weighted by atomic mass is 10.3. The fourth-order valence-corrected chi connectivity index (χ4v) is 0.521. The van der Waals surface area contributed by atoms with Crippen molar-refractivity contribution in [1.82, 2.24) is 0 Å². The van der Waals surface area contributed by atoms with Gasteiger partial charge < -0.3 is 136 Å². The molecule has 0 spiro atoms. The van der Waals surface area contributed by atoms with Gasteiger partial charge >= 0.3 is 65.9 Å². The third-order valence-electron chi connectivity index (χ3n) is 0.878. The second-order valence-corrected chi connectivity index (χ2v) is 4.59. The van der Waals surface area contributed by atoms with Crippen molar-refractivity contribution in [2.24, 2.45) is 0 Å². The monoisotopic (exact) mass is 650 g/mol. The zero-order valence-electron chi connectivity index (χ0n) is 21.4. The van der Waals surface area contributed by atoms with Gasteiger partial charge in [0.2, 0.25) is 0 Å². The predicted molar refractivity (Wildman–Crippen MR) is 144 cm³/mol. The zero-order chi connectivity index (χ0) is 37.1. The second-order valence-electron chi connectivity index (χ2n) is 4.59. The topological polar surface area (TPSA) is 546 Å². The van der Waals surface area contributed by atoms with Gasteiger partial charge in [0, 0.05) is 0 Å². The molecule has 1 rings (SSSR count). The molecule has 0 amide bonds. The maximum atomic E-state index is 7.17. The Balaban J connectivity index is -0.0000000431. The van der Waals surface area contributed by atoms with E-state index in [9.17, 15) is 0 Å². The molecule has 43 heavy (non-hydrogen) atoms.